The number of anilines is 2. The predicted octanol–water partition coefficient (Wildman–Crippen LogP) is 5.15. The minimum absolute atomic E-state index is 0.130. The van der Waals surface area contributed by atoms with Crippen LogP contribution in [0.5, 0.6) is 5.75 Å². The van der Waals surface area contributed by atoms with Gasteiger partial charge in [0, 0.05) is 43.9 Å². The van der Waals surface area contributed by atoms with Crippen LogP contribution in [0.15, 0.2) is 82.0 Å². The molecule has 0 aliphatic carbocycles. The molecule has 5 rings (SSSR count). The molecule has 1 aliphatic rings. The highest BCUT2D eigenvalue weighted by Crippen LogP contribution is 2.30. The lowest BCUT2D eigenvalue weighted by molar-refractivity contribution is 0.137. The zero-order chi connectivity index (χ0) is 26.5. The Hall–Kier alpha value is -4.30. The predicted molar refractivity (Wildman–Crippen MR) is 149 cm³/mol. The number of rotatable bonds is 7. The fraction of sp³-hybridized carbons (Fsp3) is 0.267. The molecule has 3 aromatic carbocycles. The monoisotopic (exact) mass is 513 g/mol. The average Bonchev–Trinajstić information content (AvgIpc) is 2.96. The number of nitrogens with one attached hydrogen (secondary N) is 1. The third-order valence-electron chi connectivity index (χ3n) is 6.86. The second kappa shape index (κ2) is 11.4. The number of hydrogen-bond donors (Lipinski definition) is 1. The summed E-state index contributed by atoms with van der Waals surface area (Å²) in [6.45, 7) is 6.09. The third kappa shape index (κ3) is 5.35. The number of hydrogen-bond acceptors (Lipinski definition) is 7. The summed E-state index contributed by atoms with van der Waals surface area (Å²) in [5.41, 5.74) is 3.01. The molecule has 0 atom stereocenters. The molecule has 1 saturated heterocycles. The number of nitrogens with zero attached hydrogens (tertiary/aromatic N) is 2. The Balaban J connectivity index is 1.19. The molecule has 2 heterocycles. The van der Waals surface area contributed by atoms with Gasteiger partial charge in [-0.2, -0.15) is 0 Å². The van der Waals surface area contributed by atoms with Crippen LogP contribution in [-0.4, -0.2) is 57.4 Å². The molecule has 0 unspecified atom stereocenters. The van der Waals surface area contributed by atoms with Gasteiger partial charge in [0.25, 0.3) is 0 Å². The lowest BCUT2D eigenvalue weighted by atomic mass is 10.1. The first kappa shape index (κ1) is 25.4. The number of benzene rings is 3. The highest BCUT2D eigenvalue weighted by atomic mass is 16.5. The van der Waals surface area contributed by atoms with Crippen LogP contribution >= 0.6 is 0 Å². The van der Waals surface area contributed by atoms with E-state index in [1.807, 2.05) is 48.5 Å². The van der Waals surface area contributed by atoms with E-state index < -0.39 is 6.09 Å². The van der Waals surface area contributed by atoms with Gasteiger partial charge in [0.15, 0.2) is 11.0 Å². The SMILES string of the molecule is COc1ccccc1N1CCN(CCOC(=O)Nc2cccc3c(=O)c(C)c(-c4ccccc4)oc23)CC1. The molecule has 0 bridgehead atoms. The first-order valence-electron chi connectivity index (χ1n) is 12.7. The molecule has 0 saturated carbocycles. The standard InChI is InChI=1S/C30H31N3O5/c1-21-27(34)23-11-8-12-24(29(23)38-28(21)22-9-4-3-5-10-22)31-30(35)37-20-19-32-15-17-33(18-16-32)25-13-6-7-14-26(25)36-2/h3-14H,15-20H2,1-2H3,(H,31,35). The number of carbonyl (C=O) groups is 1. The summed E-state index contributed by atoms with van der Waals surface area (Å²) in [6.07, 6.45) is -0.588. The number of amides is 1. The number of piperazine rings is 1. The van der Waals surface area contributed by atoms with E-state index in [0.29, 0.717) is 34.5 Å². The number of fused-ring (bicyclic) bond motifs is 1. The lowest BCUT2D eigenvalue weighted by Crippen LogP contribution is -2.47. The normalized spacial score (nSPS) is 13.9. The van der Waals surface area contributed by atoms with Gasteiger partial charge in [-0.1, -0.05) is 48.5 Å². The fourth-order valence-corrected chi connectivity index (χ4v) is 4.79. The van der Waals surface area contributed by atoms with Crippen molar-refractivity contribution in [2.45, 2.75) is 6.92 Å². The highest BCUT2D eigenvalue weighted by Gasteiger charge is 2.20. The van der Waals surface area contributed by atoms with Crippen molar-refractivity contribution in [3.05, 3.63) is 88.6 Å². The Labute approximate surface area is 221 Å². The van der Waals surface area contributed by atoms with Gasteiger partial charge in [0.1, 0.15) is 18.1 Å². The summed E-state index contributed by atoms with van der Waals surface area (Å²) in [6, 6.07) is 22.6. The van der Waals surface area contributed by atoms with E-state index in [4.69, 9.17) is 13.9 Å². The van der Waals surface area contributed by atoms with Crippen molar-refractivity contribution in [3.8, 4) is 17.1 Å². The Bertz CT molecular complexity index is 1480. The van der Waals surface area contributed by atoms with Crippen molar-refractivity contribution in [1.82, 2.24) is 4.90 Å². The van der Waals surface area contributed by atoms with Crippen LogP contribution in [0.25, 0.3) is 22.3 Å². The number of carbonyl (C=O) groups excluding carboxylic acids is 1. The van der Waals surface area contributed by atoms with Crippen LogP contribution < -0.4 is 20.4 Å². The zero-order valence-corrected chi connectivity index (χ0v) is 21.6. The molecule has 8 nitrogen and oxygen atoms in total. The van der Waals surface area contributed by atoms with Crippen molar-refractivity contribution in [2.75, 3.05) is 56.7 Å². The summed E-state index contributed by atoms with van der Waals surface area (Å²) in [4.78, 5) is 30.2. The second-order valence-electron chi connectivity index (χ2n) is 9.20. The topological polar surface area (TPSA) is 84.3 Å². The summed E-state index contributed by atoms with van der Waals surface area (Å²) < 4.78 is 17.1. The van der Waals surface area contributed by atoms with Gasteiger partial charge in [0.05, 0.1) is 23.9 Å². The fourth-order valence-electron chi connectivity index (χ4n) is 4.79. The smallest absolute Gasteiger partial charge is 0.411 e. The Morgan fingerprint density at radius 1 is 0.947 bits per heavy atom. The van der Waals surface area contributed by atoms with Gasteiger partial charge in [-0.05, 0) is 31.2 Å². The van der Waals surface area contributed by atoms with Gasteiger partial charge in [-0.3, -0.25) is 15.0 Å². The van der Waals surface area contributed by atoms with Gasteiger partial charge >= 0.3 is 6.09 Å². The summed E-state index contributed by atoms with van der Waals surface area (Å²) >= 11 is 0. The van der Waals surface area contributed by atoms with E-state index in [1.165, 1.54) is 0 Å². The first-order chi connectivity index (χ1) is 18.5. The molecule has 196 valence electrons. The first-order valence-corrected chi connectivity index (χ1v) is 12.7. The van der Waals surface area contributed by atoms with E-state index >= 15 is 0 Å². The Morgan fingerprint density at radius 3 is 2.45 bits per heavy atom. The summed E-state index contributed by atoms with van der Waals surface area (Å²) in [7, 11) is 1.69. The highest BCUT2D eigenvalue weighted by molar-refractivity contribution is 5.97. The molecule has 8 heteroatoms. The molecule has 38 heavy (non-hydrogen) atoms. The third-order valence-corrected chi connectivity index (χ3v) is 6.86. The van der Waals surface area contributed by atoms with E-state index in [1.54, 1.807) is 32.2 Å². The molecule has 0 spiro atoms. The van der Waals surface area contributed by atoms with Crippen molar-refractivity contribution in [2.24, 2.45) is 0 Å². The molecule has 1 aromatic heterocycles. The summed E-state index contributed by atoms with van der Waals surface area (Å²) in [5.74, 6) is 1.36. The second-order valence-corrected chi connectivity index (χ2v) is 9.20. The van der Waals surface area contributed by atoms with E-state index in [9.17, 15) is 9.59 Å². The summed E-state index contributed by atoms with van der Waals surface area (Å²) in [5, 5.41) is 3.16. The van der Waals surface area contributed by atoms with Crippen molar-refractivity contribution >= 4 is 28.4 Å². The van der Waals surface area contributed by atoms with E-state index in [2.05, 4.69) is 21.2 Å². The van der Waals surface area contributed by atoms with Gasteiger partial charge in [0.2, 0.25) is 0 Å². The number of methoxy groups -OCH3 is 1. The van der Waals surface area contributed by atoms with Crippen LogP contribution in [-0.2, 0) is 4.74 Å². The maximum atomic E-state index is 13.0. The molecule has 1 fully saturated rings. The molecule has 1 aliphatic heterocycles. The quantitative estimate of drug-likeness (QED) is 0.366. The van der Waals surface area contributed by atoms with Gasteiger partial charge in [-0.25, -0.2) is 4.79 Å². The van der Waals surface area contributed by atoms with Crippen molar-refractivity contribution in [1.29, 1.82) is 0 Å². The van der Waals surface area contributed by atoms with E-state index in [-0.39, 0.29) is 12.0 Å². The van der Waals surface area contributed by atoms with Crippen molar-refractivity contribution in [3.63, 3.8) is 0 Å². The molecule has 4 aromatic rings. The van der Waals surface area contributed by atoms with Crippen LogP contribution in [0.2, 0.25) is 0 Å². The minimum atomic E-state index is -0.588. The van der Waals surface area contributed by atoms with E-state index in [0.717, 1.165) is 43.2 Å². The maximum Gasteiger partial charge on any atom is 0.411 e. The Kier molecular flexibility index (Phi) is 7.60. The number of para-hydroxylation sites is 3. The van der Waals surface area contributed by atoms with Crippen LogP contribution in [0.4, 0.5) is 16.2 Å². The van der Waals surface area contributed by atoms with Gasteiger partial charge < -0.3 is 18.8 Å². The molecule has 0 radical (unpaired) electrons. The number of ether oxygens (including phenoxy) is 2. The average molecular weight is 514 g/mol. The maximum absolute atomic E-state index is 13.0. The van der Waals surface area contributed by atoms with Crippen LogP contribution in [0.3, 0.4) is 0 Å². The molecule has 1 amide bonds. The van der Waals surface area contributed by atoms with Crippen LogP contribution in [0, 0.1) is 6.92 Å². The molecular weight excluding hydrogens is 482 g/mol. The largest absolute Gasteiger partial charge is 0.495 e. The molecule has 1 N–H and O–H groups in total. The minimum Gasteiger partial charge on any atom is -0.495 e. The molecular formula is C30H31N3O5. The Morgan fingerprint density at radius 2 is 1.68 bits per heavy atom. The van der Waals surface area contributed by atoms with Gasteiger partial charge in [-0.15, -0.1) is 0 Å². The van der Waals surface area contributed by atoms with Crippen molar-refractivity contribution < 1.29 is 18.7 Å². The lowest BCUT2D eigenvalue weighted by Gasteiger charge is -2.36. The zero-order valence-electron chi connectivity index (χ0n) is 21.6. The van der Waals surface area contributed by atoms with Crippen LogP contribution in [0.1, 0.15) is 5.56 Å².